The van der Waals surface area contributed by atoms with E-state index in [1.54, 1.807) is 0 Å². The Labute approximate surface area is 153 Å². The Kier molecular flexibility index (Phi) is 7.82. The van der Waals surface area contributed by atoms with Crippen molar-refractivity contribution in [2.45, 2.75) is 52.5 Å². The maximum absolute atomic E-state index is 5.63. The van der Waals surface area contributed by atoms with Gasteiger partial charge in [0.2, 0.25) is 0 Å². The van der Waals surface area contributed by atoms with Gasteiger partial charge in [0.05, 0.1) is 6.54 Å². The average molecular weight is 349 g/mol. The van der Waals surface area contributed by atoms with Crippen LogP contribution < -0.4 is 5.32 Å². The lowest BCUT2D eigenvalue weighted by Gasteiger charge is -2.29. The molecule has 0 unspecified atom stereocenters. The van der Waals surface area contributed by atoms with Gasteiger partial charge in [0, 0.05) is 52.3 Å². The molecule has 1 N–H and O–H groups in total. The molecule has 1 fully saturated rings. The van der Waals surface area contributed by atoms with Crippen molar-refractivity contribution in [3.8, 4) is 0 Å². The Morgan fingerprint density at radius 3 is 2.72 bits per heavy atom. The largest absolute Gasteiger partial charge is 0.382 e. The summed E-state index contributed by atoms with van der Waals surface area (Å²) in [5.41, 5.74) is 1.63. The number of nitrogens with one attached hydrogen (secondary N) is 1. The lowest BCUT2D eigenvalue weighted by Crippen LogP contribution is -2.39. The van der Waals surface area contributed by atoms with Crippen molar-refractivity contribution in [3.63, 3.8) is 0 Å². The summed E-state index contributed by atoms with van der Waals surface area (Å²) in [4.78, 5) is 7.25. The van der Waals surface area contributed by atoms with Gasteiger partial charge in [-0.3, -0.25) is 4.99 Å². The molecule has 0 radical (unpaired) electrons. The highest BCUT2D eigenvalue weighted by Crippen LogP contribution is 2.41. The minimum atomic E-state index is 0.335. The van der Waals surface area contributed by atoms with Crippen LogP contribution in [0.3, 0.4) is 0 Å². The lowest BCUT2D eigenvalue weighted by molar-refractivity contribution is 0.107. The summed E-state index contributed by atoms with van der Waals surface area (Å²) in [5.74, 6) is 1.01. The predicted octanol–water partition coefficient (Wildman–Crippen LogP) is 3.41. The van der Waals surface area contributed by atoms with Crippen molar-refractivity contribution in [2.24, 2.45) is 17.5 Å². The molecule has 25 heavy (non-hydrogen) atoms. The summed E-state index contributed by atoms with van der Waals surface area (Å²) in [5, 5.41) is 3.46. The first-order valence-corrected chi connectivity index (χ1v) is 9.77. The highest BCUT2D eigenvalue weighted by Gasteiger charge is 2.33. The SMILES string of the molecule is CCNC(=NCC1(CCOCC)CCCC1)N(C)Cc1cccn1C. The fourth-order valence-corrected chi connectivity index (χ4v) is 3.74. The molecule has 0 aliphatic heterocycles. The summed E-state index contributed by atoms with van der Waals surface area (Å²) in [6.45, 7) is 8.53. The standard InChI is InChI=1S/C20H36N4O/c1-5-21-19(24(4)16-18-10-9-14-23(18)3)22-17-20(11-7-8-12-20)13-15-25-6-2/h9-10,14H,5-8,11-13,15-17H2,1-4H3,(H,21,22). The number of aromatic nitrogens is 1. The number of hydrogen-bond acceptors (Lipinski definition) is 2. The van der Waals surface area contributed by atoms with Crippen molar-refractivity contribution in [1.82, 2.24) is 14.8 Å². The van der Waals surface area contributed by atoms with Gasteiger partial charge in [-0.2, -0.15) is 0 Å². The molecule has 0 bridgehead atoms. The third-order valence-corrected chi connectivity index (χ3v) is 5.36. The minimum absolute atomic E-state index is 0.335. The fourth-order valence-electron chi connectivity index (χ4n) is 3.74. The van der Waals surface area contributed by atoms with E-state index in [4.69, 9.17) is 9.73 Å². The van der Waals surface area contributed by atoms with Crippen LogP contribution in [-0.4, -0.2) is 48.8 Å². The van der Waals surface area contributed by atoms with E-state index in [2.05, 4.69) is 61.1 Å². The molecule has 0 atom stereocenters. The van der Waals surface area contributed by atoms with E-state index in [0.29, 0.717) is 5.41 Å². The van der Waals surface area contributed by atoms with Crippen molar-refractivity contribution < 1.29 is 4.74 Å². The topological polar surface area (TPSA) is 41.8 Å². The van der Waals surface area contributed by atoms with E-state index in [9.17, 15) is 0 Å². The number of nitrogens with zero attached hydrogens (tertiary/aromatic N) is 3. The molecule has 1 aromatic rings. The van der Waals surface area contributed by atoms with Crippen LogP contribution in [0.25, 0.3) is 0 Å². The Hall–Kier alpha value is -1.49. The Bertz CT molecular complexity index is 532. The zero-order valence-corrected chi connectivity index (χ0v) is 16.6. The molecule has 1 aliphatic carbocycles. The van der Waals surface area contributed by atoms with E-state index in [-0.39, 0.29) is 0 Å². The van der Waals surface area contributed by atoms with E-state index in [0.717, 1.165) is 45.2 Å². The minimum Gasteiger partial charge on any atom is -0.382 e. The van der Waals surface area contributed by atoms with Crippen LogP contribution in [0, 0.1) is 5.41 Å². The van der Waals surface area contributed by atoms with E-state index >= 15 is 0 Å². The number of guanidine groups is 1. The smallest absolute Gasteiger partial charge is 0.194 e. The second kappa shape index (κ2) is 9.85. The van der Waals surface area contributed by atoms with Crippen LogP contribution in [0.5, 0.6) is 0 Å². The summed E-state index contributed by atoms with van der Waals surface area (Å²) >= 11 is 0. The molecule has 0 saturated heterocycles. The zero-order valence-electron chi connectivity index (χ0n) is 16.6. The lowest BCUT2D eigenvalue weighted by atomic mass is 9.83. The van der Waals surface area contributed by atoms with Gasteiger partial charge in [0.25, 0.3) is 0 Å². The highest BCUT2D eigenvalue weighted by atomic mass is 16.5. The molecule has 1 aromatic heterocycles. The van der Waals surface area contributed by atoms with Crippen LogP contribution in [0.15, 0.2) is 23.3 Å². The van der Waals surface area contributed by atoms with Gasteiger partial charge in [-0.25, -0.2) is 0 Å². The first kappa shape index (κ1) is 19.8. The van der Waals surface area contributed by atoms with Crippen LogP contribution in [0.1, 0.15) is 51.6 Å². The quantitative estimate of drug-likeness (QED) is 0.422. The third kappa shape index (κ3) is 5.77. The molecule has 0 amide bonds. The van der Waals surface area contributed by atoms with Gasteiger partial charge in [0.1, 0.15) is 0 Å². The monoisotopic (exact) mass is 348 g/mol. The highest BCUT2D eigenvalue weighted by molar-refractivity contribution is 5.79. The number of rotatable bonds is 9. The summed E-state index contributed by atoms with van der Waals surface area (Å²) in [6, 6.07) is 4.26. The van der Waals surface area contributed by atoms with E-state index in [1.807, 2.05) is 0 Å². The van der Waals surface area contributed by atoms with Crippen molar-refractivity contribution >= 4 is 5.96 Å². The summed E-state index contributed by atoms with van der Waals surface area (Å²) < 4.78 is 7.80. The molecule has 0 aromatic carbocycles. The van der Waals surface area contributed by atoms with Gasteiger partial charge in [-0.15, -0.1) is 0 Å². The maximum atomic E-state index is 5.63. The molecule has 1 heterocycles. The van der Waals surface area contributed by atoms with Crippen molar-refractivity contribution in [3.05, 3.63) is 24.0 Å². The molecule has 5 heteroatoms. The molecular formula is C20H36N4O. The molecule has 0 spiro atoms. The fraction of sp³-hybridized carbons (Fsp3) is 0.750. The Morgan fingerprint density at radius 2 is 2.12 bits per heavy atom. The number of ether oxygens (including phenoxy) is 1. The number of hydrogen-bond donors (Lipinski definition) is 1. The third-order valence-electron chi connectivity index (χ3n) is 5.36. The van der Waals surface area contributed by atoms with E-state index in [1.165, 1.54) is 31.4 Å². The average Bonchev–Trinajstić information content (AvgIpc) is 3.22. The van der Waals surface area contributed by atoms with Gasteiger partial charge >= 0.3 is 0 Å². The van der Waals surface area contributed by atoms with Gasteiger partial charge in [-0.05, 0) is 50.7 Å². The van der Waals surface area contributed by atoms with Crippen molar-refractivity contribution in [1.29, 1.82) is 0 Å². The predicted molar refractivity (Wildman–Crippen MR) is 105 cm³/mol. The molecule has 1 saturated carbocycles. The maximum Gasteiger partial charge on any atom is 0.194 e. The summed E-state index contributed by atoms with van der Waals surface area (Å²) in [7, 11) is 4.21. The van der Waals surface area contributed by atoms with Crippen LogP contribution in [-0.2, 0) is 18.3 Å². The molecule has 5 nitrogen and oxygen atoms in total. The Balaban J connectivity index is 2.02. The van der Waals surface area contributed by atoms with Gasteiger partial charge < -0.3 is 19.5 Å². The summed E-state index contributed by atoms with van der Waals surface area (Å²) in [6.07, 6.45) is 8.45. The van der Waals surface area contributed by atoms with Gasteiger partial charge in [-0.1, -0.05) is 12.8 Å². The number of aliphatic imine (C=N–C) groups is 1. The molecule has 1 aliphatic rings. The molecular weight excluding hydrogens is 312 g/mol. The number of aryl methyl sites for hydroxylation is 1. The first-order chi connectivity index (χ1) is 12.1. The zero-order chi connectivity index (χ0) is 18.1. The van der Waals surface area contributed by atoms with Gasteiger partial charge in [0.15, 0.2) is 5.96 Å². The molecule has 2 rings (SSSR count). The Morgan fingerprint density at radius 1 is 1.36 bits per heavy atom. The second-order valence-corrected chi connectivity index (χ2v) is 7.29. The van der Waals surface area contributed by atoms with Crippen molar-refractivity contribution in [2.75, 3.05) is 33.4 Å². The van der Waals surface area contributed by atoms with Crippen LogP contribution in [0.2, 0.25) is 0 Å². The molecule has 142 valence electrons. The first-order valence-electron chi connectivity index (χ1n) is 9.77. The van der Waals surface area contributed by atoms with E-state index < -0.39 is 0 Å². The van der Waals surface area contributed by atoms with Crippen LogP contribution >= 0.6 is 0 Å². The van der Waals surface area contributed by atoms with Crippen LogP contribution in [0.4, 0.5) is 0 Å². The second-order valence-electron chi connectivity index (χ2n) is 7.29. The normalized spacial score (nSPS) is 17.0.